The van der Waals surface area contributed by atoms with Crippen molar-refractivity contribution in [3.63, 3.8) is 0 Å². The molecular formula is C12H13NO3. The van der Waals surface area contributed by atoms with Gasteiger partial charge in [-0.2, -0.15) is 0 Å². The van der Waals surface area contributed by atoms with Crippen LogP contribution in [0.4, 0.5) is 5.69 Å². The first-order chi connectivity index (χ1) is 7.68. The lowest BCUT2D eigenvalue weighted by Gasteiger charge is -2.07. The fraction of sp³-hybridized carbons (Fsp3) is 0.417. The molecule has 4 heteroatoms. The van der Waals surface area contributed by atoms with Gasteiger partial charge in [-0.3, -0.25) is 14.9 Å². The Morgan fingerprint density at radius 3 is 2.75 bits per heavy atom. The molecule has 1 saturated carbocycles. The molecule has 1 unspecified atom stereocenters. The highest BCUT2D eigenvalue weighted by Gasteiger charge is 2.26. The number of ketones is 1. The van der Waals surface area contributed by atoms with Crippen molar-refractivity contribution in [1.82, 2.24) is 0 Å². The van der Waals surface area contributed by atoms with Crippen molar-refractivity contribution in [3.8, 4) is 0 Å². The maximum Gasteiger partial charge on any atom is 0.272 e. The molecule has 2 rings (SSSR count). The van der Waals surface area contributed by atoms with Crippen LogP contribution in [0.1, 0.15) is 24.8 Å². The summed E-state index contributed by atoms with van der Waals surface area (Å²) in [5.74, 6) is 0.235. The molecule has 0 spiro atoms. The number of Topliss-reactive ketones (excluding diaryl/α,β-unsaturated/α-hetero) is 1. The predicted octanol–water partition coefficient (Wildman–Crippen LogP) is 2.51. The van der Waals surface area contributed by atoms with Crippen molar-refractivity contribution < 1.29 is 9.72 Å². The van der Waals surface area contributed by atoms with E-state index in [0.29, 0.717) is 18.4 Å². The van der Waals surface area contributed by atoms with Gasteiger partial charge in [-0.15, -0.1) is 0 Å². The Morgan fingerprint density at radius 2 is 2.12 bits per heavy atom. The van der Waals surface area contributed by atoms with Crippen molar-refractivity contribution in [3.05, 3.63) is 39.9 Å². The van der Waals surface area contributed by atoms with Crippen LogP contribution in [0.25, 0.3) is 0 Å². The third kappa shape index (κ3) is 2.10. The lowest BCUT2D eigenvalue weighted by molar-refractivity contribution is -0.385. The number of carbonyl (C=O) groups excluding carboxylic acids is 1. The average Bonchev–Trinajstić information content (AvgIpc) is 2.65. The second-order valence-electron chi connectivity index (χ2n) is 4.15. The van der Waals surface area contributed by atoms with Gasteiger partial charge < -0.3 is 0 Å². The van der Waals surface area contributed by atoms with E-state index < -0.39 is 0 Å². The highest BCUT2D eigenvalue weighted by Crippen LogP contribution is 2.28. The fourth-order valence-corrected chi connectivity index (χ4v) is 2.23. The molecule has 4 nitrogen and oxygen atoms in total. The van der Waals surface area contributed by atoms with Crippen LogP contribution in [0.2, 0.25) is 0 Å². The highest BCUT2D eigenvalue weighted by molar-refractivity contribution is 5.83. The van der Waals surface area contributed by atoms with E-state index in [0.717, 1.165) is 12.8 Å². The third-order valence-corrected chi connectivity index (χ3v) is 3.09. The summed E-state index contributed by atoms with van der Waals surface area (Å²) in [5.41, 5.74) is 0.801. The summed E-state index contributed by atoms with van der Waals surface area (Å²) in [7, 11) is 0. The Hall–Kier alpha value is -1.71. The number of rotatable bonds is 3. The highest BCUT2D eigenvalue weighted by atomic mass is 16.6. The Labute approximate surface area is 93.4 Å². The normalized spacial score (nSPS) is 20.0. The van der Waals surface area contributed by atoms with Crippen LogP contribution in [-0.2, 0) is 11.2 Å². The number of para-hydroxylation sites is 1. The summed E-state index contributed by atoms with van der Waals surface area (Å²) in [6.45, 7) is 0. The van der Waals surface area contributed by atoms with Gasteiger partial charge in [-0.05, 0) is 19.3 Å². The Balaban J connectivity index is 2.20. The van der Waals surface area contributed by atoms with Crippen LogP contribution in [0.5, 0.6) is 0 Å². The molecule has 0 heterocycles. The second-order valence-corrected chi connectivity index (χ2v) is 4.15. The maximum absolute atomic E-state index is 11.5. The minimum atomic E-state index is -0.380. The van der Waals surface area contributed by atoms with Crippen LogP contribution in [-0.4, -0.2) is 10.7 Å². The number of carbonyl (C=O) groups is 1. The van der Waals surface area contributed by atoms with Gasteiger partial charge in [-0.25, -0.2) is 0 Å². The van der Waals surface area contributed by atoms with E-state index in [1.54, 1.807) is 18.2 Å². The smallest absolute Gasteiger partial charge is 0.272 e. The van der Waals surface area contributed by atoms with Crippen molar-refractivity contribution in [2.24, 2.45) is 5.92 Å². The van der Waals surface area contributed by atoms with Crippen LogP contribution in [0, 0.1) is 16.0 Å². The molecule has 84 valence electrons. The molecule has 0 saturated heterocycles. The number of benzene rings is 1. The van der Waals surface area contributed by atoms with Crippen LogP contribution >= 0.6 is 0 Å². The zero-order chi connectivity index (χ0) is 11.5. The molecule has 1 aromatic rings. The average molecular weight is 219 g/mol. The first-order valence-corrected chi connectivity index (χ1v) is 5.43. The molecule has 0 aliphatic heterocycles. The van der Waals surface area contributed by atoms with E-state index in [2.05, 4.69) is 0 Å². The Kier molecular flexibility index (Phi) is 2.99. The summed E-state index contributed by atoms with van der Waals surface area (Å²) >= 11 is 0. The van der Waals surface area contributed by atoms with Crippen LogP contribution in [0.3, 0.4) is 0 Å². The molecule has 1 aliphatic carbocycles. The van der Waals surface area contributed by atoms with Gasteiger partial charge in [0.05, 0.1) is 4.92 Å². The largest absolute Gasteiger partial charge is 0.299 e. The van der Waals surface area contributed by atoms with Crippen molar-refractivity contribution in [1.29, 1.82) is 0 Å². The molecule has 0 radical (unpaired) electrons. The second kappa shape index (κ2) is 4.43. The summed E-state index contributed by atoms with van der Waals surface area (Å²) in [5, 5.41) is 10.8. The summed E-state index contributed by atoms with van der Waals surface area (Å²) < 4.78 is 0. The van der Waals surface area contributed by atoms with Gasteiger partial charge >= 0.3 is 0 Å². The minimum Gasteiger partial charge on any atom is -0.299 e. The molecule has 1 fully saturated rings. The van der Waals surface area contributed by atoms with Gasteiger partial charge in [0.25, 0.3) is 5.69 Å². The number of nitrogens with zero attached hydrogens (tertiary/aromatic N) is 1. The number of hydrogen-bond donors (Lipinski definition) is 0. The van der Waals surface area contributed by atoms with E-state index in [9.17, 15) is 14.9 Å². The molecule has 0 amide bonds. The topological polar surface area (TPSA) is 60.2 Å². The van der Waals surface area contributed by atoms with Gasteiger partial charge in [0.1, 0.15) is 5.78 Å². The Morgan fingerprint density at radius 1 is 1.38 bits per heavy atom. The summed E-state index contributed by atoms with van der Waals surface area (Å²) in [6, 6.07) is 6.67. The fourth-order valence-electron chi connectivity index (χ4n) is 2.23. The summed E-state index contributed by atoms with van der Waals surface area (Å²) in [4.78, 5) is 21.9. The Bertz CT molecular complexity index is 428. The number of nitro groups is 1. The van der Waals surface area contributed by atoms with Gasteiger partial charge in [0, 0.05) is 24.0 Å². The monoisotopic (exact) mass is 219 g/mol. The molecule has 1 atom stereocenters. The van der Waals surface area contributed by atoms with Gasteiger partial charge in [-0.1, -0.05) is 18.2 Å². The zero-order valence-corrected chi connectivity index (χ0v) is 8.89. The molecule has 0 bridgehead atoms. The first kappa shape index (κ1) is 10.8. The SMILES string of the molecule is O=C1CCCC1Cc1ccccc1[N+](=O)[O-]. The predicted molar refractivity (Wildman–Crippen MR) is 59.1 cm³/mol. The number of hydrogen-bond acceptors (Lipinski definition) is 3. The van der Waals surface area contributed by atoms with Crippen molar-refractivity contribution in [2.45, 2.75) is 25.7 Å². The lowest BCUT2D eigenvalue weighted by atomic mass is 9.96. The first-order valence-electron chi connectivity index (χ1n) is 5.43. The van der Waals surface area contributed by atoms with Crippen molar-refractivity contribution in [2.75, 3.05) is 0 Å². The maximum atomic E-state index is 11.5. The minimum absolute atomic E-state index is 0.0129. The standard InChI is InChI=1S/C12H13NO3/c14-12-7-3-5-10(12)8-9-4-1-2-6-11(9)13(15)16/h1-2,4,6,10H,3,5,7-8H2. The van der Waals surface area contributed by atoms with Gasteiger partial charge in [0.2, 0.25) is 0 Å². The molecular weight excluding hydrogens is 206 g/mol. The molecule has 1 aromatic carbocycles. The summed E-state index contributed by atoms with van der Waals surface area (Å²) in [6.07, 6.45) is 2.93. The molecule has 0 N–H and O–H groups in total. The van der Waals surface area contributed by atoms with E-state index in [1.165, 1.54) is 6.07 Å². The quantitative estimate of drug-likeness (QED) is 0.579. The van der Waals surface area contributed by atoms with E-state index >= 15 is 0 Å². The van der Waals surface area contributed by atoms with E-state index in [4.69, 9.17) is 0 Å². The van der Waals surface area contributed by atoms with Crippen LogP contribution in [0.15, 0.2) is 24.3 Å². The zero-order valence-electron chi connectivity index (χ0n) is 8.89. The van der Waals surface area contributed by atoms with E-state index in [-0.39, 0.29) is 22.3 Å². The third-order valence-electron chi connectivity index (χ3n) is 3.09. The number of nitro benzene ring substituents is 1. The lowest BCUT2D eigenvalue weighted by Crippen LogP contribution is -2.10. The molecule has 16 heavy (non-hydrogen) atoms. The van der Waals surface area contributed by atoms with Crippen molar-refractivity contribution >= 4 is 11.5 Å². The molecule has 0 aromatic heterocycles. The van der Waals surface area contributed by atoms with E-state index in [1.807, 2.05) is 0 Å². The molecule has 1 aliphatic rings. The van der Waals surface area contributed by atoms with Crippen LogP contribution < -0.4 is 0 Å². The van der Waals surface area contributed by atoms with Gasteiger partial charge in [0.15, 0.2) is 0 Å².